The highest BCUT2D eigenvalue weighted by atomic mass is 127. The highest BCUT2D eigenvalue weighted by Crippen LogP contribution is 2.23. The summed E-state index contributed by atoms with van der Waals surface area (Å²) in [7, 11) is 0. The smallest absolute Gasteiger partial charge is 0.241 e. The van der Waals surface area contributed by atoms with Crippen LogP contribution in [0.3, 0.4) is 0 Å². The van der Waals surface area contributed by atoms with Gasteiger partial charge in [0.15, 0.2) is 0 Å². The molecule has 1 heterocycles. The van der Waals surface area contributed by atoms with E-state index in [0.29, 0.717) is 11.6 Å². The third-order valence-corrected chi connectivity index (χ3v) is 4.05. The Kier molecular flexibility index (Phi) is 5.12. The molecule has 1 aliphatic heterocycles. The molecule has 1 amide bonds. The number of benzene rings is 1. The van der Waals surface area contributed by atoms with Crippen molar-refractivity contribution in [2.75, 3.05) is 25.0 Å². The number of piperidine rings is 1. The number of hydrogen-bond acceptors (Lipinski definition) is 2. The van der Waals surface area contributed by atoms with E-state index in [0.717, 1.165) is 35.2 Å². The van der Waals surface area contributed by atoms with E-state index in [1.807, 2.05) is 23.1 Å². The van der Waals surface area contributed by atoms with Gasteiger partial charge in [-0.05, 0) is 60.1 Å². The van der Waals surface area contributed by atoms with Crippen LogP contribution in [0.5, 0.6) is 0 Å². The Labute approximate surface area is 126 Å². The monoisotopic (exact) mass is 378 g/mol. The van der Waals surface area contributed by atoms with Gasteiger partial charge in [0.1, 0.15) is 0 Å². The SMILES string of the molecule is O=C(CNc1ccc(I)cc1Cl)N1CCCCC1. The van der Waals surface area contributed by atoms with Gasteiger partial charge in [0.25, 0.3) is 0 Å². The maximum atomic E-state index is 12.0. The summed E-state index contributed by atoms with van der Waals surface area (Å²) in [5.74, 6) is 0.157. The van der Waals surface area contributed by atoms with E-state index >= 15 is 0 Å². The van der Waals surface area contributed by atoms with Crippen LogP contribution in [0.15, 0.2) is 18.2 Å². The van der Waals surface area contributed by atoms with Gasteiger partial charge in [-0.2, -0.15) is 0 Å². The Morgan fingerprint density at radius 3 is 2.72 bits per heavy atom. The number of nitrogens with one attached hydrogen (secondary N) is 1. The summed E-state index contributed by atoms with van der Waals surface area (Å²) in [6.07, 6.45) is 3.48. The Morgan fingerprint density at radius 1 is 1.33 bits per heavy atom. The molecule has 0 spiro atoms. The lowest BCUT2D eigenvalue weighted by Crippen LogP contribution is -2.39. The first-order valence-corrected chi connectivity index (χ1v) is 7.59. The largest absolute Gasteiger partial charge is 0.375 e. The Balaban J connectivity index is 1.88. The summed E-state index contributed by atoms with van der Waals surface area (Å²) in [5.41, 5.74) is 0.822. The van der Waals surface area contributed by atoms with E-state index in [4.69, 9.17) is 11.6 Å². The van der Waals surface area contributed by atoms with Crippen LogP contribution in [0.1, 0.15) is 19.3 Å². The van der Waals surface area contributed by atoms with Gasteiger partial charge in [-0.25, -0.2) is 0 Å². The number of amides is 1. The van der Waals surface area contributed by atoms with Gasteiger partial charge in [-0.1, -0.05) is 11.6 Å². The normalized spacial score (nSPS) is 15.6. The molecule has 2 rings (SSSR count). The van der Waals surface area contributed by atoms with Crippen molar-refractivity contribution in [1.29, 1.82) is 0 Å². The molecule has 1 fully saturated rings. The van der Waals surface area contributed by atoms with Crippen LogP contribution in [0.2, 0.25) is 5.02 Å². The molecule has 1 aromatic carbocycles. The summed E-state index contributed by atoms with van der Waals surface area (Å²) in [6.45, 7) is 2.10. The number of carbonyl (C=O) groups is 1. The second-order valence-electron chi connectivity index (χ2n) is 4.42. The molecule has 0 atom stereocenters. The summed E-state index contributed by atoms with van der Waals surface area (Å²) in [4.78, 5) is 13.9. The molecule has 0 aromatic heterocycles. The average Bonchev–Trinajstić information content (AvgIpc) is 2.38. The number of likely N-dealkylation sites (tertiary alicyclic amines) is 1. The summed E-state index contributed by atoms with van der Waals surface area (Å²) < 4.78 is 1.09. The average molecular weight is 379 g/mol. The number of halogens is 2. The van der Waals surface area contributed by atoms with Crippen molar-refractivity contribution in [3.8, 4) is 0 Å². The minimum Gasteiger partial charge on any atom is -0.375 e. The standard InChI is InChI=1S/C13H16ClIN2O/c14-11-8-10(15)4-5-12(11)16-9-13(18)17-6-2-1-3-7-17/h4-5,8,16H,1-3,6-7,9H2. The van der Waals surface area contributed by atoms with Crippen LogP contribution >= 0.6 is 34.2 Å². The third kappa shape index (κ3) is 3.75. The molecular formula is C13H16ClIN2O. The topological polar surface area (TPSA) is 32.3 Å². The van der Waals surface area contributed by atoms with Crippen molar-refractivity contribution >= 4 is 45.8 Å². The Bertz CT molecular complexity index is 433. The number of rotatable bonds is 3. The zero-order valence-electron chi connectivity index (χ0n) is 10.1. The predicted molar refractivity (Wildman–Crippen MR) is 83.1 cm³/mol. The lowest BCUT2D eigenvalue weighted by Gasteiger charge is -2.27. The molecule has 1 aliphatic rings. The van der Waals surface area contributed by atoms with E-state index < -0.39 is 0 Å². The number of nitrogens with zero attached hydrogens (tertiary/aromatic N) is 1. The molecule has 0 saturated carbocycles. The minimum atomic E-state index is 0.157. The fraction of sp³-hybridized carbons (Fsp3) is 0.462. The molecular weight excluding hydrogens is 363 g/mol. The molecule has 98 valence electrons. The predicted octanol–water partition coefficient (Wildman–Crippen LogP) is 3.37. The van der Waals surface area contributed by atoms with E-state index in [9.17, 15) is 4.79 Å². The molecule has 5 heteroatoms. The molecule has 1 N–H and O–H groups in total. The van der Waals surface area contributed by atoms with E-state index in [1.54, 1.807) is 0 Å². The first-order valence-electron chi connectivity index (χ1n) is 6.13. The van der Waals surface area contributed by atoms with Crippen LogP contribution in [0.25, 0.3) is 0 Å². The van der Waals surface area contributed by atoms with E-state index in [-0.39, 0.29) is 5.91 Å². The van der Waals surface area contributed by atoms with Gasteiger partial charge in [0, 0.05) is 16.7 Å². The van der Waals surface area contributed by atoms with Crippen molar-refractivity contribution < 1.29 is 4.79 Å². The molecule has 0 aliphatic carbocycles. The minimum absolute atomic E-state index is 0.157. The Hall–Kier alpha value is -0.490. The van der Waals surface area contributed by atoms with Crippen LogP contribution in [0.4, 0.5) is 5.69 Å². The molecule has 0 bridgehead atoms. The van der Waals surface area contributed by atoms with Crippen molar-refractivity contribution in [3.63, 3.8) is 0 Å². The van der Waals surface area contributed by atoms with Crippen LogP contribution in [-0.4, -0.2) is 30.4 Å². The second kappa shape index (κ2) is 6.61. The van der Waals surface area contributed by atoms with Crippen LogP contribution in [0, 0.1) is 3.57 Å². The van der Waals surface area contributed by atoms with Gasteiger partial charge in [-0.15, -0.1) is 0 Å². The number of carbonyl (C=O) groups excluding carboxylic acids is 1. The van der Waals surface area contributed by atoms with Gasteiger partial charge in [-0.3, -0.25) is 4.79 Å². The third-order valence-electron chi connectivity index (χ3n) is 3.07. The van der Waals surface area contributed by atoms with Crippen molar-refractivity contribution in [3.05, 3.63) is 26.8 Å². The lowest BCUT2D eigenvalue weighted by molar-refractivity contribution is -0.130. The quantitative estimate of drug-likeness (QED) is 0.818. The molecule has 1 saturated heterocycles. The lowest BCUT2D eigenvalue weighted by atomic mass is 10.1. The van der Waals surface area contributed by atoms with Crippen LogP contribution in [-0.2, 0) is 4.79 Å². The maximum absolute atomic E-state index is 12.0. The number of anilines is 1. The molecule has 18 heavy (non-hydrogen) atoms. The van der Waals surface area contributed by atoms with Crippen LogP contribution < -0.4 is 5.32 Å². The highest BCUT2D eigenvalue weighted by Gasteiger charge is 2.16. The van der Waals surface area contributed by atoms with Gasteiger partial charge in [0.2, 0.25) is 5.91 Å². The maximum Gasteiger partial charge on any atom is 0.241 e. The van der Waals surface area contributed by atoms with E-state index in [1.165, 1.54) is 6.42 Å². The van der Waals surface area contributed by atoms with Gasteiger partial charge in [0.05, 0.1) is 17.3 Å². The summed E-state index contributed by atoms with van der Waals surface area (Å²) in [5, 5.41) is 3.77. The molecule has 3 nitrogen and oxygen atoms in total. The summed E-state index contributed by atoms with van der Waals surface area (Å²) >= 11 is 8.32. The fourth-order valence-electron chi connectivity index (χ4n) is 2.06. The molecule has 0 radical (unpaired) electrons. The first-order chi connectivity index (χ1) is 8.66. The Morgan fingerprint density at radius 2 is 2.06 bits per heavy atom. The van der Waals surface area contributed by atoms with Crippen molar-refractivity contribution in [1.82, 2.24) is 4.90 Å². The number of hydrogen-bond donors (Lipinski definition) is 1. The van der Waals surface area contributed by atoms with E-state index in [2.05, 4.69) is 27.9 Å². The second-order valence-corrected chi connectivity index (χ2v) is 6.07. The fourth-order valence-corrected chi connectivity index (χ4v) is 2.98. The highest BCUT2D eigenvalue weighted by molar-refractivity contribution is 14.1. The van der Waals surface area contributed by atoms with Crippen molar-refractivity contribution in [2.24, 2.45) is 0 Å². The van der Waals surface area contributed by atoms with Crippen molar-refractivity contribution in [2.45, 2.75) is 19.3 Å². The zero-order valence-corrected chi connectivity index (χ0v) is 13.0. The zero-order chi connectivity index (χ0) is 13.0. The first kappa shape index (κ1) is 13.9. The van der Waals surface area contributed by atoms with Gasteiger partial charge < -0.3 is 10.2 Å². The van der Waals surface area contributed by atoms with Gasteiger partial charge >= 0.3 is 0 Å². The summed E-state index contributed by atoms with van der Waals surface area (Å²) in [6, 6.07) is 5.77. The molecule has 1 aromatic rings. The molecule has 0 unspecified atom stereocenters.